The second-order valence-electron chi connectivity index (χ2n) is 5.33. The van der Waals surface area contributed by atoms with Gasteiger partial charge in [0.15, 0.2) is 0 Å². The lowest BCUT2D eigenvalue weighted by Gasteiger charge is -2.06. The predicted octanol–water partition coefficient (Wildman–Crippen LogP) is 2.94. The van der Waals surface area contributed by atoms with Crippen LogP contribution in [0, 0.1) is 0 Å². The first-order valence-corrected chi connectivity index (χ1v) is 7.51. The third-order valence-corrected chi connectivity index (χ3v) is 3.11. The number of hydrogen-bond donors (Lipinski definition) is 1. The Kier molecular flexibility index (Phi) is 5.75. The van der Waals surface area contributed by atoms with Gasteiger partial charge in [0.2, 0.25) is 0 Å². The fraction of sp³-hybridized carbons (Fsp3) is 0.500. The summed E-state index contributed by atoms with van der Waals surface area (Å²) in [7, 11) is 0. The molecule has 21 heavy (non-hydrogen) atoms. The molecule has 0 atom stereocenters. The monoisotopic (exact) mass is 288 g/mol. The first kappa shape index (κ1) is 15.5. The molecule has 0 aliphatic rings. The van der Waals surface area contributed by atoms with Crippen LogP contribution in [0.2, 0.25) is 0 Å². The van der Waals surface area contributed by atoms with Gasteiger partial charge in [0.1, 0.15) is 12.4 Å². The molecule has 0 aliphatic carbocycles. The topological polar surface area (TPSA) is 52.0 Å². The van der Waals surface area contributed by atoms with E-state index in [4.69, 9.17) is 4.74 Å². The Balaban J connectivity index is 1.82. The third-order valence-electron chi connectivity index (χ3n) is 3.11. The minimum Gasteiger partial charge on any atom is -0.486 e. The lowest BCUT2D eigenvalue weighted by atomic mass is 10.3. The van der Waals surface area contributed by atoms with Crippen LogP contribution in [0.15, 0.2) is 30.6 Å². The van der Waals surface area contributed by atoms with Crippen molar-refractivity contribution in [2.24, 2.45) is 0 Å². The molecule has 0 aromatic carbocycles. The molecular weight excluding hydrogens is 264 g/mol. The largest absolute Gasteiger partial charge is 0.486 e. The minimum absolute atomic E-state index is 0.371. The Bertz CT molecular complexity index is 533. The average Bonchev–Trinajstić information content (AvgIpc) is 2.96. The Labute approximate surface area is 126 Å². The SMILES string of the molecule is CCCNCc1ccc(OCc2ccn(C(C)C)n2)cn1. The highest BCUT2D eigenvalue weighted by Crippen LogP contribution is 2.12. The molecule has 5 heteroatoms. The maximum atomic E-state index is 5.71. The van der Waals surface area contributed by atoms with Crippen molar-refractivity contribution in [3.8, 4) is 5.75 Å². The lowest BCUT2D eigenvalue weighted by molar-refractivity contribution is 0.297. The highest BCUT2D eigenvalue weighted by Gasteiger charge is 2.03. The van der Waals surface area contributed by atoms with Crippen LogP contribution in [-0.2, 0) is 13.2 Å². The van der Waals surface area contributed by atoms with Crippen LogP contribution in [0.25, 0.3) is 0 Å². The zero-order valence-electron chi connectivity index (χ0n) is 13.0. The number of nitrogens with one attached hydrogen (secondary N) is 1. The molecule has 5 nitrogen and oxygen atoms in total. The summed E-state index contributed by atoms with van der Waals surface area (Å²) in [6.07, 6.45) is 4.87. The predicted molar refractivity (Wildman–Crippen MR) is 83.2 cm³/mol. The quantitative estimate of drug-likeness (QED) is 0.759. The molecule has 0 spiro atoms. The average molecular weight is 288 g/mol. The molecule has 2 aromatic rings. The summed E-state index contributed by atoms with van der Waals surface area (Å²) in [5, 5.41) is 7.78. The van der Waals surface area contributed by atoms with E-state index in [0.29, 0.717) is 12.6 Å². The first-order chi connectivity index (χ1) is 10.2. The Morgan fingerprint density at radius 2 is 2.10 bits per heavy atom. The molecular formula is C16H24N4O. The van der Waals surface area contributed by atoms with Crippen molar-refractivity contribution in [1.29, 1.82) is 0 Å². The van der Waals surface area contributed by atoms with Gasteiger partial charge in [0.05, 0.1) is 17.6 Å². The van der Waals surface area contributed by atoms with E-state index in [0.717, 1.165) is 36.6 Å². The summed E-state index contributed by atoms with van der Waals surface area (Å²) in [6.45, 7) is 8.64. The molecule has 0 radical (unpaired) electrons. The molecule has 2 rings (SSSR count). The second-order valence-corrected chi connectivity index (χ2v) is 5.33. The molecule has 0 aliphatic heterocycles. The zero-order valence-corrected chi connectivity index (χ0v) is 13.0. The van der Waals surface area contributed by atoms with Gasteiger partial charge in [-0.15, -0.1) is 0 Å². The van der Waals surface area contributed by atoms with E-state index in [2.05, 4.69) is 36.2 Å². The summed E-state index contributed by atoms with van der Waals surface area (Å²) in [5.74, 6) is 0.772. The molecule has 0 unspecified atom stereocenters. The Morgan fingerprint density at radius 3 is 2.71 bits per heavy atom. The molecule has 2 aromatic heterocycles. The van der Waals surface area contributed by atoms with Crippen molar-refractivity contribution in [1.82, 2.24) is 20.1 Å². The van der Waals surface area contributed by atoms with Gasteiger partial charge >= 0.3 is 0 Å². The highest BCUT2D eigenvalue weighted by molar-refractivity contribution is 5.20. The number of pyridine rings is 1. The highest BCUT2D eigenvalue weighted by atomic mass is 16.5. The summed E-state index contributed by atoms with van der Waals surface area (Å²) in [5.41, 5.74) is 1.96. The standard InChI is InChI=1S/C16H24N4O/c1-4-8-17-10-14-5-6-16(11-18-14)21-12-15-7-9-20(19-15)13(2)3/h5-7,9,11,13,17H,4,8,10,12H2,1-3H3. The van der Waals surface area contributed by atoms with Gasteiger partial charge < -0.3 is 10.1 Å². The molecule has 0 saturated heterocycles. The molecule has 2 heterocycles. The van der Waals surface area contributed by atoms with Gasteiger partial charge in [-0.3, -0.25) is 9.67 Å². The van der Waals surface area contributed by atoms with E-state index in [1.54, 1.807) is 6.20 Å². The summed E-state index contributed by atoms with van der Waals surface area (Å²) in [4.78, 5) is 4.38. The van der Waals surface area contributed by atoms with E-state index in [1.165, 1.54) is 0 Å². The molecule has 0 amide bonds. The van der Waals surface area contributed by atoms with Crippen molar-refractivity contribution in [2.45, 2.75) is 46.4 Å². The minimum atomic E-state index is 0.371. The maximum absolute atomic E-state index is 5.71. The maximum Gasteiger partial charge on any atom is 0.138 e. The molecule has 114 valence electrons. The fourth-order valence-electron chi connectivity index (χ4n) is 1.89. The van der Waals surface area contributed by atoms with Gasteiger partial charge in [-0.2, -0.15) is 5.10 Å². The van der Waals surface area contributed by atoms with Gasteiger partial charge in [0, 0.05) is 18.8 Å². The van der Waals surface area contributed by atoms with E-state index in [1.807, 2.05) is 29.1 Å². The summed E-state index contributed by atoms with van der Waals surface area (Å²) >= 11 is 0. The zero-order chi connectivity index (χ0) is 15.1. The Hall–Kier alpha value is -1.88. The van der Waals surface area contributed by atoms with Crippen LogP contribution in [0.3, 0.4) is 0 Å². The fourth-order valence-corrected chi connectivity index (χ4v) is 1.89. The molecule has 0 saturated carbocycles. The summed E-state index contributed by atoms with van der Waals surface area (Å²) < 4.78 is 7.64. The van der Waals surface area contributed by atoms with Crippen LogP contribution in [0.4, 0.5) is 0 Å². The van der Waals surface area contributed by atoms with E-state index in [-0.39, 0.29) is 0 Å². The summed E-state index contributed by atoms with van der Waals surface area (Å²) in [6, 6.07) is 6.30. The first-order valence-electron chi connectivity index (χ1n) is 7.51. The van der Waals surface area contributed by atoms with Crippen molar-refractivity contribution < 1.29 is 4.74 Å². The van der Waals surface area contributed by atoms with Gasteiger partial charge in [-0.25, -0.2) is 0 Å². The van der Waals surface area contributed by atoms with E-state index < -0.39 is 0 Å². The van der Waals surface area contributed by atoms with Crippen molar-refractivity contribution in [2.75, 3.05) is 6.54 Å². The number of ether oxygens (including phenoxy) is 1. The number of aromatic nitrogens is 3. The van der Waals surface area contributed by atoms with Crippen LogP contribution >= 0.6 is 0 Å². The van der Waals surface area contributed by atoms with Crippen molar-refractivity contribution >= 4 is 0 Å². The van der Waals surface area contributed by atoms with Gasteiger partial charge in [-0.1, -0.05) is 6.92 Å². The normalized spacial score (nSPS) is 11.0. The Morgan fingerprint density at radius 1 is 1.24 bits per heavy atom. The van der Waals surface area contributed by atoms with Crippen LogP contribution in [0.1, 0.15) is 44.6 Å². The number of rotatable bonds is 8. The number of hydrogen-bond acceptors (Lipinski definition) is 4. The van der Waals surface area contributed by atoms with Crippen molar-refractivity contribution in [3.63, 3.8) is 0 Å². The van der Waals surface area contributed by atoms with Crippen LogP contribution in [-0.4, -0.2) is 21.3 Å². The van der Waals surface area contributed by atoms with Crippen molar-refractivity contribution in [3.05, 3.63) is 42.0 Å². The molecule has 0 fully saturated rings. The van der Waals surface area contributed by atoms with E-state index >= 15 is 0 Å². The van der Waals surface area contributed by atoms with Crippen LogP contribution < -0.4 is 10.1 Å². The van der Waals surface area contributed by atoms with Crippen LogP contribution in [0.5, 0.6) is 5.75 Å². The lowest BCUT2D eigenvalue weighted by Crippen LogP contribution is -2.14. The molecule has 1 N–H and O–H groups in total. The second kappa shape index (κ2) is 7.78. The third kappa shape index (κ3) is 4.86. The number of nitrogens with zero attached hydrogens (tertiary/aromatic N) is 3. The van der Waals surface area contributed by atoms with Gasteiger partial charge in [-0.05, 0) is 45.0 Å². The van der Waals surface area contributed by atoms with Gasteiger partial charge in [0.25, 0.3) is 0 Å². The smallest absolute Gasteiger partial charge is 0.138 e. The molecule has 0 bridgehead atoms. The van der Waals surface area contributed by atoms with E-state index in [9.17, 15) is 0 Å².